The molecule has 0 atom stereocenters. The summed E-state index contributed by atoms with van der Waals surface area (Å²) < 4.78 is 0. The second-order valence-electron chi connectivity index (χ2n) is 5.22. The summed E-state index contributed by atoms with van der Waals surface area (Å²) >= 11 is 0. The Morgan fingerprint density at radius 3 is 2.39 bits per heavy atom. The molecule has 0 spiro atoms. The van der Waals surface area contributed by atoms with E-state index >= 15 is 0 Å². The van der Waals surface area contributed by atoms with Crippen LogP contribution in [0.5, 0.6) is 0 Å². The molecule has 2 N–H and O–H groups in total. The lowest BCUT2D eigenvalue weighted by molar-refractivity contribution is 0.316. The lowest BCUT2D eigenvalue weighted by Crippen LogP contribution is -2.19. The van der Waals surface area contributed by atoms with Gasteiger partial charge in [-0.1, -0.05) is 43.5 Å². The minimum absolute atomic E-state index is 0.840. The van der Waals surface area contributed by atoms with Gasteiger partial charge in [-0.25, -0.2) is 0 Å². The molecule has 0 aromatic heterocycles. The molecular weight excluding hydrogens is 220 g/mol. The Labute approximate surface area is 112 Å². The zero-order valence-corrected chi connectivity index (χ0v) is 12.0. The molecule has 1 aromatic carbocycles. The van der Waals surface area contributed by atoms with Crippen molar-refractivity contribution in [2.24, 2.45) is 5.73 Å². The molecule has 18 heavy (non-hydrogen) atoms. The van der Waals surface area contributed by atoms with Crippen molar-refractivity contribution in [1.82, 2.24) is 4.90 Å². The number of rotatable bonds is 9. The van der Waals surface area contributed by atoms with E-state index < -0.39 is 0 Å². The molecule has 0 radical (unpaired) electrons. The Kier molecular flexibility index (Phi) is 7.70. The van der Waals surface area contributed by atoms with Gasteiger partial charge in [0.05, 0.1) is 0 Å². The van der Waals surface area contributed by atoms with Gasteiger partial charge in [0.15, 0.2) is 0 Å². The minimum Gasteiger partial charge on any atom is -0.330 e. The van der Waals surface area contributed by atoms with Gasteiger partial charge < -0.3 is 10.6 Å². The van der Waals surface area contributed by atoms with Gasteiger partial charge in [0, 0.05) is 6.54 Å². The van der Waals surface area contributed by atoms with Crippen molar-refractivity contribution in [1.29, 1.82) is 0 Å². The summed E-state index contributed by atoms with van der Waals surface area (Å²) in [6.07, 6.45) is 6.43. The Balaban J connectivity index is 2.14. The van der Waals surface area contributed by atoms with Crippen LogP contribution in [-0.2, 0) is 6.54 Å². The summed E-state index contributed by atoms with van der Waals surface area (Å²) in [6, 6.07) is 8.66. The molecule has 1 rings (SSSR count). The highest BCUT2D eigenvalue weighted by Gasteiger charge is 2.02. The normalized spacial score (nSPS) is 11.1. The first-order valence-corrected chi connectivity index (χ1v) is 7.17. The van der Waals surface area contributed by atoms with E-state index in [-0.39, 0.29) is 0 Å². The van der Waals surface area contributed by atoms with Crippen LogP contribution in [-0.4, -0.2) is 25.0 Å². The third-order valence-corrected chi connectivity index (χ3v) is 3.45. The maximum absolute atomic E-state index is 5.48. The quantitative estimate of drug-likeness (QED) is 0.679. The van der Waals surface area contributed by atoms with E-state index in [1.807, 2.05) is 0 Å². The van der Waals surface area contributed by atoms with Gasteiger partial charge in [0.2, 0.25) is 0 Å². The Hall–Kier alpha value is -0.860. The fraction of sp³-hybridized carbons (Fsp3) is 0.625. The monoisotopic (exact) mass is 248 g/mol. The molecule has 2 heteroatoms. The Bertz CT molecular complexity index is 323. The predicted molar refractivity (Wildman–Crippen MR) is 79.7 cm³/mol. The third-order valence-electron chi connectivity index (χ3n) is 3.45. The summed E-state index contributed by atoms with van der Waals surface area (Å²) in [5, 5.41) is 0. The molecule has 0 aliphatic rings. The van der Waals surface area contributed by atoms with Gasteiger partial charge in [0.1, 0.15) is 0 Å². The molecule has 0 fully saturated rings. The zero-order valence-electron chi connectivity index (χ0n) is 12.0. The molecule has 0 aliphatic carbocycles. The molecule has 0 saturated heterocycles. The van der Waals surface area contributed by atoms with Gasteiger partial charge in [-0.15, -0.1) is 0 Å². The Morgan fingerprint density at radius 2 is 1.67 bits per heavy atom. The number of aryl methyl sites for hydroxylation is 1. The lowest BCUT2D eigenvalue weighted by Gasteiger charge is -2.17. The average Bonchev–Trinajstić information content (AvgIpc) is 2.36. The van der Waals surface area contributed by atoms with Crippen LogP contribution in [0.4, 0.5) is 0 Å². The largest absolute Gasteiger partial charge is 0.330 e. The number of hydrogen-bond acceptors (Lipinski definition) is 2. The molecular formula is C16H28N2. The molecule has 0 aliphatic heterocycles. The maximum atomic E-state index is 5.48. The van der Waals surface area contributed by atoms with E-state index in [1.54, 1.807) is 0 Å². The van der Waals surface area contributed by atoms with E-state index in [4.69, 9.17) is 5.73 Å². The summed E-state index contributed by atoms with van der Waals surface area (Å²) in [5.74, 6) is 0. The van der Waals surface area contributed by atoms with Gasteiger partial charge in [0.25, 0.3) is 0 Å². The maximum Gasteiger partial charge on any atom is 0.0233 e. The second-order valence-corrected chi connectivity index (χ2v) is 5.22. The van der Waals surface area contributed by atoms with Crippen molar-refractivity contribution in [2.75, 3.05) is 20.1 Å². The van der Waals surface area contributed by atoms with Crippen LogP contribution in [0.15, 0.2) is 24.3 Å². The van der Waals surface area contributed by atoms with Crippen molar-refractivity contribution in [3.05, 3.63) is 35.4 Å². The van der Waals surface area contributed by atoms with Crippen LogP contribution >= 0.6 is 0 Å². The van der Waals surface area contributed by atoms with E-state index in [0.717, 1.165) is 13.1 Å². The first-order valence-electron chi connectivity index (χ1n) is 7.17. The van der Waals surface area contributed by atoms with E-state index in [2.05, 4.69) is 43.1 Å². The smallest absolute Gasteiger partial charge is 0.0233 e. The molecule has 0 heterocycles. The van der Waals surface area contributed by atoms with Crippen LogP contribution in [0.1, 0.15) is 43.2 Å². The van der Waals surface area contributed by atoms with Gasteiger partial charge >= 0.3 is 0 Å². The van der Waals surface area contributed by atoms with Crippen LogP contribution < -0.4 is 5.73 Å². The summed E-state index contributed by atoms with van der Waals surface area (Å²) in [5.41, 5.74) is 8.33. The molecule has 0 bridgehead atoms. The SMILES string of the molecule is Cc1ccccc1CN(C)CCCCCCCN. The number of nitrogens with two attached hydrogens (primary N) is 1. The topological polar surface area (TPSA) is 29.3 Å². The standard InChI is InChI=1S/C16H28N2/c1-15-10-6-7-11-16(15)14-18(2)13-9-5-3-4-8-12-17/h6-7,10-11H,3-5,8-9,12-14,17H2,1-2H3. The second kappa shape index (κ2) is 9.12. The summed E-state index contributed by atoms with van der Waals surface area (Å²) in [4.78, 5) is 2.42. The summed E-state index contributed by atoms with van der Waals surface area (Å²) in [7, 11) is 2.21. The predicted octanol–water partition coefficient (Wildman–Crippen LogP) is 3.34. The molecule has 102 valence electrons. The third kappa shape index (κ3) is 6.18. The highest BCUT2D eigenvalue weighted by Crippen LogP contribution is 2.10. The summed E-state index contributed by atoms with van der Waals surface area (Å²) in [6.45, 7) is 5.29. The highest BCUT2D eigenvalue weighted by molar-refractivity contribution is 5.25. The van der Waals surface area contributed by atoms with Crippen molar-refractivity contribution in [3.8, 4) is 0 Å². The van der Waals surface area contributed by atoms with Gasteiger partial charge in [-0.2, -0.15) is 0 Å². The van der Waals surface area contributed by atoms with Crippen LogP contribution in [0, 0.1) is 6.92 Å². The number of hydrogen-bond donors (Lipinski definition) is 1. The molecule has 1 aromatic rings. The molecule has 0 saturated carbocycles. The average molecular weight is 248 g/mol. The van der Waals surface area contributed by atoms with Gasteiger partial charge in [-0.05, 0) is 51.0 Å². The van der Waals surface area contributed by atoms with Crippen molar-refractivity contribution < 1.29 is 0 Å². The Morgan fingerprint density at radius 1 is 1.00 bits per heavy atom. The van der Waals surface area contributed by atoms with E-state index in [9.17, 15) is 0 Å². The van der Waals surface area contributed by atoms with Crippen LogP contribution in [0.25, 0.3) is 0 Å². The van der Waals surface area contributed by atoms with Crippen LogP contribution in [0.2, 0.25) is 0 Å². The van der Waals surface area contributed by atoms with Crippen molar-refractivity contribution in [3.63, 3.8) is 0 Å². The fourth-order valence-electron chi connectivity index (χ4n) is 2.21. The fourth-order valence-corrected chi connectivity index (χ4v) is 2.21. The van der Waals surface area contributed by atoms with E-state index in [1.165, 1.54) is 49.8 Å². The zero-order chi connectivity index (χ0) is 13.2. The minimum atomic E-state index is 0.840. The van der Waals surface area contributed by atoms with E-state index in [0.29, 0.717) is 0 Å². The molecule has 0 amide bonds. The van der Waals surface area contributed by atoms with Crippen molar-refractivity contribution >= 4 is 0 Å². The van der Waals surface area contributed by atoms with Crippen LogP contribution in [0.3, 0.4) is 0 Å². The highest BCUT2D eigenvalue weighted by atomic mass is 15.1. The number of benzene rings is 1. The molecule has 2 nitrogen and oxygen atoms in total. The first kappa shape index (κ1) is 15.2. The lowest BCUT2D eigenvalue weighted by atomic mass is 10.1. The number of nitrogens with zero attached hydrogens (tertiary/aromatic N) is 1. The molecule has 0 unspecified atom stereocenters. The number of unbranched alkanes of at least 4 members (excludes halogenated alkanes) is 4. The van der Waals surface area contributed by atoms with Gasteiger partial charge in [-0.3, -0.25) is 0 Å². The first-order chi connectivity index (χ1) is 8.74. The van der Waals surface area contributed by atoms with Crippen molar-refractivity contribution in [2.45, 2.75) is 45.6 Å².